The molecule has 11 heteroatoms. The van der Waals surface area contributed by atoms with E-state index in [1.807, 2.05) is 43.3 Å². The Morgan fingerprint density at radius 2 is 1.67 bits per heavy atom. The minimum atomic E-state index is -0.997. The highest BCUT2D eigenvalue weighted by atomic mass is 16.6. The molecule has 0 radical (unpaired) electrons. The number of aromatic hydroxyl groups is 2. The van der Waals surface area contributed by atoms with Gasteiger partial charge in [-0.1, -0.05) is 61.7 Å². The van der Waals surface area contributed by atoms with Gasteiger partial charge in [0, 0.05) is 34.4 Å². The van der Waals surface area contributed by atoms with Crippen LogP contribution in [0.2, 0.25) is 0 Å². The largest absolute Gasteiger partial charge is 0.504 e. The molecule has 2 amide bonds. The minimum absolute atomic E-state index is 0.0257. The van der Waals surface area contributed by atoms with Gasteiger partial charge in [0.1, 0.15) is 31.0 Å². The maximum atomic E-state index is 14.8. The molecule has 2 N–H and O–H groups in total. The first-order valence-corrected chi connectivity index (χ1v) is 16.0. The summed E-state index contributed by atoms with van der Waals surface area (Å²) in [4.78, 5) is 31.6. The lowest BCUT2D eigenvalue weighted by Crippen LogP contribution is -2.63. The van der Waals surface area contributed by atoms with Crippen LogP contribution in [0.5, 0.6) is 28.7 Å². The fourth-order valence-corrected chi connectivity index (χ4v) is 7.27. The topological polar surface area (TPSA) is 127 Å². The molecule has 0 aliphatic carbocycles. The third-order valence-electron chi connectivity index (χ3n) is 9.25. The third kappa shape index (κ3) is 5.53. The molecule has 256 valence electrons. The van der Waals surface area contributed by atoms with Crippen LogP contribution in [-0.2, 0) is 27.3 Å². The van der Waals surface area contributed by atoms with Crippen LogP contribution < -0.4 is 14.2 Å². The Morgan fingerprint density at radius 3 is 2.35 bits per heavy atom. The van der Waals surface area contributed by atoms with Crippen LogP contribution in [0.1, 0.15) is 51.0 Å². The second-order valence-corrected chi connectivity index (χ2v) is 12.1. The molecule has 49 heavy (non-hydrogen) atoms. The normalized spacial score (nSPS) is 18.8. The fourth-order valence-electron chi connectivity index (χ4n) is 7.27. The Balaban J connectivity index is 1.62. The van der Waals surface area contributed by atoms with Crippen molar-refractivity contribution in [2.75, 3.05) is 34.0 Å². The quantitative estimate of drug-likeness (QED) is 0.235. The molecule has 3 aromatic rings. The lowest BCUT2D eigenvalue weighted by Gasteiger charge is -2.53. The number of hydrogen-bond acceptors (Lipinski definition) is 9. The van der Waals surface area contributed by atoms with E-state index in [1.165, 1.54) is 25.2 Å². The lowest BCUT2D eigenvalue weighted by molar-refractivity contribution is -0.145. The van der Waals surface area contributed by atoms with Crippen molar-refractivity contribution in [3.05, 3.63) is 106 Å². The first-order valence-electron chi connectivity index (χ1n) is 16.0. The van der Waals surface area contributed by atoms with Gasteiger partial charge in [-0.25, -0.2) is 4.79 Å². The van der Waals surface area contributed by atoms with Gasteiger partial charge in [-0.2, -0.15) is 0 Å². The molecular weight excluding hydrogens is 628 g/mol. The number of hydrogen-bond donors (Lipinski definition) is 2. The summed E-state index contributed by atoms with van der Waals surface area (Å²) < 4.78 is 29.3. The molecule has 3 heterocycles. The molecule has 1 fully saturated rings. The molecule has 0 unspecified atom stereocenters. The first kappa shape index (κ1) is 33.5. The van der Waals surface area contributed by atoms with E-state index in [9.17, 15) is 19.8 Å². The summed E-state index contributed by atoms with van der Waals surface area (Å²) >= 11 is 0. The monoisotopic (exact) mass is 668 g/mol. The van der Waals surface area contributed by atoms with Gasteiger partial charge in [0.05, 0.1) is 33.5 Å². The fraction of sp³-hybridized carbons (Fsp3) is 0.316. The number of aryl methyl sites for hydroxylation is 1. The zero-order valence-electron chi connectivity index (χ0n) is 28.0. The standard InChI is InChI=1S/C38H40N2O9/c1-7-14-48-35-22(4)36(46-6)33(42)30-25(35)18-26-31-29-24(16-21(3)34(45-5)32(29)41)17-27(40(31)38(44)49-15-8-2)37(43)39(26)28(30)20-47-19-23-12-10-9-11-13-23/h7-13,16,18,27-28,31,41-42H,1-2,14-15,17,19-20H2,3-6H3/t27-,28-,31-/m0/s1. The SMILES string of the molecule is C=CCOC(=O)N1[C@H]2Cc3cc(C)c(OC)c(O)c3[C@@H]1C1=Cc3c(OCC=C)c(C)c(OC)c(O)c3[C@H](COCc3ccccc3)N1C2=O. The van der Waals surface area contributed by atoms with Crippen molar-refractivity contribution in [2.45, 2.75) is 45.0 Å². The Labute approximate surface area is 285 Å². The maximum Gasteiger partial charge on any atom is 0.411 e. The molecule has 2 bridgehead atoms. The van der Waals surface area contributed by atoms with Crippen LogP contribution in [0, 0.1) is 13.8 Å². The zero-order chi connectivity index (χ0) is 35.0. The van der Waals surface area contributed by atoms with Crippen LogP contribution >= 0.6 is 0 Å². The number of benzene rings is 3. The molecule has 1 saturated heterocycles. The molecule has 3 atom stereocenters. The highest BCUT2D eigenvalue weighted by Gasteiger charge is 2.56. The Hall–Kier alpha value is -5.42. The van der Waals surface area contributed by atoms with Gasteiger partial charge >= 0.3 is 6.09 Å². The number of carbonyl (C=O) groups excluding carboxylic acids is 2. The number of phenols is 2. The summed E-state index contributed by atoms with van der Waals surface area (Å²) in [7, 11) is 2.92. The van der Waals surface area contributed by atoms with Gasteiger partial charge in [0.25, 0.3) is 5.91 Å². The number of rotatable bonds is 11. The number of ether oxygens (including phenoxy) is 5. The van der Waals surface area contributed by atoms with E-state index in [0.717, 1.165) is 5.56 Å². The van der Waals surface area contributed by atoms with Crippen molar-refractivity contribution in [1.82, 2.24) is 9.80 Å². The molecule has 3 aliphatic heterocycles. The van der Waals surface area contributed by atoms with Crippen LogP contribution in [0.3, 0.4) is 0 Å². The second kappa shape index (κ2) is 13.6. The smallest absolute Gasteiger partial charge is 0.411 e. The predicted molar refractivity (Wildman–Crippen MR) is 182 cm³/mol. The van der Waals surface area contributed by atoms with Crippen molar-refractivity contribution in [1.29, 1.82) is 0 Å². The van der Waals surface area contributed by atoms with E-state index in [-0.39, 0.29) is 55.8 Å². The zero-order valence-corrected chi connectivity index (χ0v) is 28.0. The van der Waals surface area contributed by atoms with Crippen molar-refractivity contribution in [3.8, 4) is 28.7 Å². The van der Waals surface area contributed by atoms with Crippen LogP contribution in [-0.4, -0.2) is 72.1 Å². The highest BCUT2D eigenvalue weighted by molar-refractivity contribution is 5.94. The number of fused-ring (bicyclic) bond motifs is 7. The minimum Gasteiger partial charge on any atom is -0.504 e. The van der Waals surface area contributed by atoms with Crippen LogP contribution in [0.25, 0.3) is 6.08 Å². The number of phenolic OH excluding ortho intramolecular Hbond substituents is 2. The molecule has 3 aliphatic rings. The summed E-state index contributed by atoms with van der Waals surface area (Å²) in [5.41, 5.74) is 4.47. The van der Waals surface area contributed by atoms with Gasteiger partial charge < -0.3 is 38.8 Å². The summed E-state index contributed by atoms with van der Waals surface area (Å²) in [5.74, 6) is 0.163. The summed E-state index contributed by atoms with van der Waals surface area (Å²) in [6.07, 6.45) is 4.14. The Kier molecular flexibility index (Phi) is 9.29. The van der Waals surface area contributed by atoms with Crippen molar-refractivity contribution >= 4 is 18.1 Å². The number of piperazine rings is 1. The van der Waals surface area contributed by atoms with Crippen molar-refractivity contribution in [3.63, 3.8) is 0 Å². The summed E-state index contributed by atoms with van der Waals surface area (Å²) in [6.45, 7) is 11.3. The molecular formula is C38H40N2O9. The molecule has 0 aromatic heterocycles. The van der Waals surface area contributed by atoms with E-state index in [0.29, 0.717) is 44.8 Å². The average molecular weight is 669 g/mol. The summed E-state index contributed by atoms with van der Waals surface area (Å²) in [6, 6.07) is 8.62. The molecule has 6 rings (SSSR count). The van der Waals surface area contributed by atoms with Gasteiger partial charge in [0.15, 0.2) is 23.0 Å². The van der Waals surface area contributed by atoms with Gasteiger partial charge in [-0.3, -0.25) is 9.69 Å². The number of carbonyl (C=O) groups is 2. The van der Waals surface area contributed by atoms with E-state index < -0.39 is 30.1 Å². The van der Waals surface area contributed by atoms with E-state index in [4.69, 9.17) is 23.7 Å². The van der Waals surface area contributed by atoms with E-state index in [1.54, 1.807) is 24.0 Å². The lowest BCUT2D eigenvalue weighted by atomic mass is 9.77. The van der Waals surface area contributed by atoms with Crippen LogP contribution in [0.4, 0.5) is 4.79 Å². The number of amides is 2. The van der Waals surface area contributed by atoms with Gasteiger partial charge in [-0.05, 0) is 36.6 Å². The first-order chi connectivity index (χ1) is 23.7. The summed E-state index contributed by atoms with van der Waals surface area (Å²) in [5, 5.41) is 23.5. The molecule has 3 aromatic carbocycles. The average Bonchev–Trinajstić information content (AvgIpc) is 3.09. The Morgan fingerprint density at radius 1 is 0.980 bits per heavy atom. The molecule has 11 nitrogen and oxygen atoms in total. The van der Waals surface area contributed by atoms with Gasteiger partial charge in [-0.15, -0.1) is 0 Å². The second-order valence-electron chi connectivity index (χ2n) is 12.1. The van der Waals surface area contributed by atoms with E-state index in [2.05, 4.69) is 13.2 Å². The third-order valence-corrected chi connectivity index (χ3v) is 9.25. The predicted octanol–water partition coefficient (Wildman–Crippen LogP) is 6.04. The number of nitrogens with zero attached hydrogens (tertiary/aromatic N) is 2. The van der Waals surface area contributed by atoms with Crippen LogP contribution in [0.15, 0.2) is 67.4 Å². The molecule has 0 spiro atoms. The molecule has 0 saturated carbocycles. The van der Waals surface area contributed by atoms with Crippen molar-refractivity contribution in [2.24, 2.45) is 0 Å². The highest BCUT2D eigenvalue weighted by Crippen LogP contribution is 2.57. The van der Waals surface area contributed by atoms with Crippen molar-refractivity contribution < 1.29 is 43.5 Å². The maximum absolute atomic E-state index is 14.8. The number of methoxy groups -OCH3 is 2. The van der Waals surface area contributed by atoms with Gasteiger partial charge in [0.2, 0.25) is 0 Å². The Bertz CT molecular complexity index is 1850. The van der Waals surface area contributed by atoms with E-state index >= 15 is 0 Å².